The number of rotatable bonds is 4. The van der Waals surface area contributed by atoms with Crippen LogP contribution in [0.3, 0.4) is 0 Å². The lowest BCUT2D eigenvalue weighted by Gasteiger charge is -2.27. The second-order valence-corrected chi connectivity index (χ2v) is 7.35. The third kappa shape index (κ3) is 3.59. The van der Waals surface area contributed by atoms with Crippen LogP contribution in [0, 0.1) is 0 Å². The average molecular weight is 245 g/mol. The molecule has 1 fully saturated rings. The van der Waals surface area contributed by atoms with Gasteiger partial charge in [0, 0.05) is 18.8 Å². The Bertz CT molecular complexity index is 355. The van der Waals surface area contributed by atoms with E-state index < -0.39 is 9.84 Å². The predicted molar refractivity (Wildman–Crippen MR) is 68.3 cm³/mol. The molecule has 0 radical (unpaired) electrons. The lowest BCUT2D eigenvalue weighted by Crippen LogP contribution is -2.41. The maximum absolute atomic E-state index is 11.6. The highest BCUT2D eigenvalue weighted by Gasteiger charge is 2.36. The Morgan fingerprint density at radius 2 is 2.00 bits per heavy atom. The van der Waals surface area contributed by atoms with E-state index in [0.29, 0.717) is 0 Å². The number of likely N-dealkylation sites (N-methyl/N-ethyl adjacent to an activating group) is 1. The van der Waals surface area contributed by atoms with Crippen molar-refractivity contribution in [2.24, 2.45) is 0 Å². The van der Waals surface area contributed by atoms with Crippen molar-refractivity contribution in [3.8, 4) is 0 Å². The minimum Gasteiger partial charge on any atom is -0.298 e. The third-order valence-electron chi connectivity index (χ3n) is 3.32. The molecule has 1 saturated carbocycles. The van der Waals surface area contributed by atoms with E-state index in [1.807, 2.05) is 7.05 Å². The number of sulfone groups is 1. The largest absolute Gasteiger partial charge is 0.298 e. The molecule has 0 aromatic rings. The van der Waals surface area contributed by atoms with E-state index in [1.54, 1.807) is 0 Å². The highest BCUT2D eigenvalue weighted by Crippen LogP contribution is 2.28. The zero-order chi connectivity index (χ0) is 12.3. The van der Waals surface area contributed by atoms with E-state index in [4.69, 9.17) is 0 Å². The highest BCUT2D eigenvalue weighted by molar-refractivity contribution is 7.91. The van der Waals surface area contributed by atoms with Gasteiger partial charge in [0.05, 0.1) is 5.25 Å². The molecule has 0 aromatic carbocycles. The van der Waals surface area contributed by atoms with Crippen molar-refractivity contribution < 1.29 is 8.42 Å². The summed E-state index contributed by atoms with van der Waals surface area (Å²) < 4.78 is 23.3. The Labute approximate surface area is 99.4 Å². The molecule has 1 aliphatic carbocycles. The summed E-state index contributed by atoms with van der Waals surface area (Å²) in [7, 11) is -0.876. The summed E-state index contributed by atoms with van der Waals surface area (Å²) in [4.78, 5) is 2.17. The maximum atomic E-state index is 11.6. The van der Waals surface area contributed by atoms with Crippen LogP contribution in [0.15, 0.2) is 11.6 Å². The summed E-state index contributed by atoms with van der Waals surface area (Å²) in [6.45, 7) is 4.98. The maximum Gasteiger partial charge on any atom is 0.151 e. The van der Waals surface area contributed by atoms with E-state index in [-0.39, 0.29) is 11.3 Å². The molecule has 0 aromatic heterocycles. The summed E-state index contributed by atoms with van der Waals surface area (Å²) in [6.07, 6.45) is 6.37. The Morgan fingerprint density at radius 3 is 2.50 bits per heavy atom. The summed E-state index contributed by atoms with van der Waals surface area (Å²) in [5.74, 6) is 0. The number of hydrogen-bond acceptors (Lipinski definition) is 3. The molecule has 94 valence electrons. The molecular weight excluding hydrogens is 222 g/mol. The average Bonchev–Trinajstić information content (AvgIpc) is 2.61. The summed E-state index contributed by atoms with van der Waals surface area (Å²) in [5.41, 5.74) is 1.28. The van der Waals surface area contributed by atoms with Gasteiger partial charge < -0.3 is 0 Å². The molecule has 3 nitrogen and oxygen atoms in total. The van der Waals surface area contributed by atoms with Crippen LogP contribution in [-0.4, -0.2) is 44.5 Å². The van der Waals surface area contributed by atoms with Crippen LogP contribution < -0.4 is 0 Å². The fourth-order valence-electron chi connectivity index (χ4n) is 2.37. The predicted octanol–water partition coefficient (Wildman–Crippen LogP) is 1.85. The Kier molecular flexibility index (Phi) is 4.56. The second-order valence-electron chi connectivity index (χ2n) is 5.09. The summed E-state index contributed by atoms with van der Waals surface area (Å²) >= 11 is 0. The van der Waals surface area contributed by atoms with Crippen molar-refractivity contribution in [2.45, 2.75) is 44.4 Å². The first-order valence-electron chi connectivity index (χ1n) is 5.85. The first kappa shape index (κ1) is 13.7. The van der Waals surface area contributed by atoms with E-state index in [0.717, 1.165) is 25.8 Å². The van der Waals surface area contributed by atoms with Gasteiger partial charge in [0.2, 0.25) is 0 Å². The molecular formula is C12H23NO2S. The van der Waals surface area contributed by atoms with E-state index in [9.17, 15) is 8.42 Å². The standard InChI is InChI=1S/C12H23NO2S/c1-10(2)8-9-13(3)11-6-5-7-12(11)16(4,14)15/h8,11-12H,5-7,9H2,1-4H3/t11-,12+/m1/s1. The van der Waals surface area contributed by atoms with Crippen molar-refractivity contribution in [3.05, 3.63) is 11.6 Å². The van der Waals surface area contributed by atoms with Gasteiger partial charge in [-0.05, 0) is 33.7 Å². The van der Waals surface area contributed by atoms with Crippen LogP contribution >= 0.6 is 0 Å². The summed E-state index contributed by atoms with van der Waals surface area (Å²) in [5, 5.41) is -0.164. The van der Waals surface area contributed by atoms with Crippen molar-refractivity contribution in [3.63, 3.8) is 0 Å². The zero-order valence-corrected chi connectivity index (χ0v) is 11.5. The van der Waals surface area contributed by atoms with Gasteiger partial charge in [0.15, 0.2) is 9.84 Å². The molecule has 1 aliphatic rings. The molecule has 0 spiro atoms. The molecule has 1 rings (SSSR count). The van der Waals surface area contributed by atoms with Crippen molar-refractivity contribution in [2.75, 3.05) is 19.8 Å². The Hall–Kier alpha value is -0.350. The fraction of sp³-hybridized carbons (Fsp3) is 0.833. The molecule has 2 atom stereocenters. The van der Waals surface area contributed by atoms with Gasteiger partial charge in [-0.25, -0.2) is 8.42 Å². The van der Waals surface area contributed by atoms with Gasteiger partial charge in [0.25, 0.3) is 0 Å². The van der Waals surface area contributed by atoms with Crippen molar-refractivity contribution in [1.29, 1.82) is 0 Å². The smallest absolute Gasteiger partial charge is 0.151 e. The highest BCUT2D eigenvalue weighted by atomic mass is 32.2. The Balaban J connectivity index is 2.68. The lowest BCUT2D eigenvalue weighted by molar-refractivity contribution is 0.271. The Morgan fingerprint density at radius 1 is 1.38 bits per heavy atom. The first-order valence-corrected chi connectivity index (χ1v) is 7.80. The molecule has 0 unspecified atom stereocenters. The van der Waals surface area contributed by atoms with Crippen LogP contribution in [0.4, 0.5) is 0 Å². The molecule has 0 heterocycles. The number of hydrogen-bond donors (Lipinski definition) is 0. The molecule has 0 N–H and O–H groups in total. The zero-order valence-electron chi connectivity index (χ0n) is 10.7. The fourth-order valence-corrected chi connectivity index (χ4v) is 3.88. The first-order chi connectivity index (χ1) is 7.32. The van der Waals surface area contributed by atoms with Gasteiger partial charge in [-0.1, -0.05) is 18.1 Å². The van der Waals surface area contributed by atoms with E-state index in [1.165, 1.54) is 11.8 Å². The minimum absolute atomic E-state index is 0.164. The van der Waals surface area contributed by atoms with Gasteiger partial charge in [-0.2, -0.15) is 0 Å². The minimum atomic E-state index is -2.90. The molecule has 16 heavy (non-hydrogen) atoms. The molecule has 0 saturated heterocycles. The quantitative estimate of drug-likeness (QED) is 0.709. The number of nitrogens with zero attached hydrogens (tertiary/aromatic N) is 1. The van der Waals surface area contributed by atoms with Crippen molar-refractivity contribution in [1.82, 2.24) is 4.90 Å². The normalized spacial score (nSPS) is 26.1. The second kappa shape index (κ2) is 5.32. The lowest BCUT2D eigenvalue weighted by atomic mass is 10.2. The molecule has 0 amide bonds. The summed E-state index contributed by atoms with van der Waals surface area (Å²) in [6, 6.07) is 0.200. The van der Waals surface area contributed by atoms with Gasteiger partial charge in [-0.3, -0.25) is 4.90 Å². The van der Waals surface area contributed by atoms with E-state index in [2.05, 4.69) is 24.8 Å². The topological polar surface area (TPSA) is 37.4 Å². The van der Waals surface area contributed by atoms with Gasteiger partial charge >= 0.3 is 0 Å². The van der Waals surface area contributed by atoms with Gasteiger partial charge in [-0.15, -0.1) is 0 Å². The SMILES string of the molecule is CC(C)=CCN(C)[C@@H]1CCC[C@@H]1S(C)(=O)=O. The van der Waals surface area contributed by atoms with Crippen LogP contribution in [0.1, 0.15) is 33.1 Å². The van der Waals surface area contributed by atoms with Crippen LogP contribution in [0.25, 0.3) is 0 Å². The van der Waals surface area contributed by atoms with Gasteiger partial charge in [0.1, 0.15) is 0 Å². The van der Waals surface area contributed by atoms with Crippen LogP contribution in [-0.2, 0) is 9.84 Å². The van der Waals surface area contributed by atoms with E-state index >= 15 is 0 Å². The monoisotopic (exact) mass is 245 g/mol. The van der Waals surface area contributed by atoms with Crippen molar-refractivity contribution >= 4 is 9.84 Å². The van der Waals surface area contributed by atoms with Crippen LogP contribution in [0.5, 0.6) is 0 Å². The molecule has 4 heteroatoms. The third-order valence-corrected chi connectivity index (χ3v) is 4.97. The van der Waals surface area contributed by atoms with Crippen LogP contribution in [0.2, 0.25) is 0 Å². The molecule has 0 aliphatic heterocycles. The molecule has 0 bridgehead atoms. The number of allylic oxidation sites excluding steroid dienone is 1.